The molecule has 0 fully saturated rings. The third kappa shape index (κ3) is 2.32. The number of hydrogen-bond donors (Lipinski definition) is 0. The third-order valence-corrected chi connectivity index (χ3v) is 4.88. The van der Waals surface area contributed by atoms with Crippen LogP contribution in [-0.4, -0.2) is 29.8 Å². The van der Waals surface area contributed by atoms with E-state index >= 15 is 0 Å². The Kier molecular flexibility index (Phi) is 3.62. The molecule has 0 spiro atoms. The fourth-order valence-corrected chi connectivity index (χ4v) is 3.60. The van der Waals surface area contributed by atoms with E-state index in [2.05, 4.69) is 6.07 Å². The summed E-state index contributed by atoms with van der Waals surface area (Å²) in [6, 6.07) is 10.6. The van der Waals surface area contributed by atoms with E-state index in [1.54, 1.807) is 0 Å². The van der Waals surface area contributed by atoms with E-state index in [0.717, 1.165) is 13.0 Å². The van der Waals surface area contributed by atoms with Crippen LogP contribution in [0.25, 0.3) is 0 Å². The van der Waals surface area contributed by atoms with Crippen molar-refractivity contribution in [1.29, 1.82) is 0 Å². The molecule has 4 nitrogen and oxygen atoms in total. The van der Waals surface area contributed by atoms with Crippen molar-refractivity contribution in [2.75, 3.05) is 18.1 Å². The molecule has 0 N–H and O–H groups in total. The number of nitrogens with zero attached hydrogens (tertiary/aromatic N) is 2. The molecule has 1 amide bonds. The summed E-state index contributed by atoms with van der Waals surface area (Å²) in [7, 11) is 0. The number of Topliss-reactive ketones (excluding diaryl/α,β-unsaturated/α-hetero) is 1. The van der Waals surface area contributed by atoms with E-state index in [4.69, 9.17) is 11.6 Å². The highest BCUT2D eigenvalue weighted by molar-refractivity contribution is 6.55. The summed E-state index contributed by atoms with van der Waals surface area (Å²) in [6.45, 7) is 1.57. The minimum atomic E-state index is -0.744. The van der Waals surface area contributed by atoms with Crippen LogP contribution in [0.3, 0.4) is 0 Å². The van der Waals surface area contributed by atoms with Crippen molar-refractivity contribution < 1.29 is 14.0 Å². The van der Waals surface area contributed by atoms with Crippen LogP contribution in [0.15, 0.2) is 36.4 Å². The van der Waals surface area contributed by atoms with E-state index in [9.17, 15) is 14.0 Å². The van der Waals surface area contributed by atoms with Crippen molar-refractivity contribution in [2.45, 2.75) is 13.0 Å². The molecule has 24 heavy (non-hydrogen) atoms. The number of carbonyl (C=O) groups excluding carboxylic acids is 2. The summed E-state index contributed by atoms with van der Waals surface area (Å²) in [5.74, 6) is -2.08. The number of fused-ring (bicyclic) bond motifs is 2. The van der Waals surface area contributed by atoms with E-state index in [1.807, 2.05) is 23.1 Å². The summed E-state index contributed by atoms with van der Waals surface area (Å²) in [4.78, 5) is 27.7. The second-order valence-electron chi connectivity index (χ2n) is 6.03. The van der Waals surface area contributed by atoms with Crippen molar-refractivity contribution in [3.05, 3.63) is 63.9 Å². The zero-order valence-corrected chi connectivity index (χ0v) is 13.5. The van der Waals surface area contributed by atoms with Gasteiger partial charge in [-0.05, 0) is 29.7 Å². The average molecular weight is 345 g/mol. The summed E-state index contributed by atoms with van der Waals surface area (Å²) in [6.07, 6.45) is 0.858. The van der Waals surface area contributed by atoms with Gasteiger partial charge < -0.3 is 0 Å². The maximum absolute atomic E-state index is 14.2. The maximum Gasteiger partial charge on any atom is 0.300 e. The SMILES string of the molecule is O=C1C(=O)N(CN2CCc3ccccc3C2)c2c(F)ccc(Cl)c21. The van der Waals surface area contributed by atoms with Crippen molar-refractivity contribution in [2.24, 2.45) is 0 Å². The molecule has 122 valence electrons. The molecule has 0 bridgehead atoms. The second-order valence-corrected chi connectivity index (χ2v) is 6.43. The van der Waals surface area contributed by atoms with Gasteiger partial charge in [0, 0.05) is 13.1 Å². The largest absolute Gasteiger partial charge is 0.300 e. The number of benzene rings is 2. The Hall–Kier alpha value is -2.24. The lowest BCUT2D eigenvalue weighted by molar-refractivity contribution is -0.114. The third-order valence-electron chi connectivity index (χ3n) is 4.57. The van der Waals surface area contributed by atoms with Gasteiger partial charge in [-0.3, -0.25) is 19.4 Å². The van der Waals surface area contributed by atoms with Crippen molar-refractivity contribution >= 4 is 29.0 Å². The van der Waals surface area contributed by atoms with Crippen LogP contribution >= 0.6 is 11.6 Å². The molecule has 4 rings (SSSR count). The highest BCUT2D eigenvalue weighted by Gasteiger charge is 2.40. The maximum atomic E-state index is 14.2. The summed E-state index contributed by atoms with van der Waals surface area (Å²) < 4.78 is 14.2. The van der Waals surface area contributed by atoms with E-state index in [1.165, 1.54) is 28.2 Å². The number of halogens is 2. The predicted octanol–water partition coefficient (Wildman–Crippen LogP) is 3.02. The van der Waals surface area contributed by atoms with Gasteiger partial charge in [0.1, 0.15) is 5.82 Å². The first-order valence-corrected chi connectivity index (χ1v) is 8.07. The zero-order valence-electron chi connectivity index (χ0n) is 12.8. The van der Waals surface area contributed by atoms with E-state index in [0.29, 0.717) is 6.54 Å². The number of ketones is 1. The fraction of sp³-hybridized carbons (Fsp3) is 0.222. The summed E-state index contributed by atoms with van der Waals surface area (Å²) >= 11 is 6.00. The van der Waals surface area contributed by atoms with E-state index in [-0.39, 0.29) is 22.9 Å². The van der Waals surface area contributed by atoms with Crippen molar-refractivity contribution in [1.82, 2.24) is 4.90 Å². The lowest BCUT2D eigenvalue weighted by Crippen LogP contribution is -2.43. The molecule has 2 heterocycles. The van der Waals surface area contributed by atoms with Crippen LogP contribution in [-0.2, 0) is 17.8 Å². The van der Waals surface area contributed by atoms with Gasteiger partial charge in [-0.15, -0.1) is 0 Å². The van der Waals surface area contributed by atoms with Crippen LogP contribution < -0.4 is 4.90 Å². The molecular weight excluding hydrogens is 331 g/mol. The molecule has 0 aromatic heterocycles. The quantitative estimate of drug-likeness (QED) is 0.786. The molecular formula is C18H14ClFN2O2. The van der Waals surface area contributed by atoms with Crippen LogP contribution in [0.4, 0.5) is 10.1 Å². The smallest absolute Gasteiger partial charge is 0.288 e. The molecule has 2 aliphatic rings. The number of amides is 1. The van der Waals surface area contributed by atoms with Crippen LogP contribution in [0.1, 0.15) is 21.5 Å². The van der Waals surface area contributed by atoms with Gasteiger partial charge in [0.2, 0.25) is 0 Å². The highest BCUT2D eigenvalue weighted by atomic mass is 35.5. The first kappa shape index (κ1) is 15.3. The zero-order chi connectivity index (χ0) is 16.8. The van der Waals surface area contributed by atoms with Crippen LogP contribution in [0.2, 0.25) is 5.02 Å². The van der Waals surface area contributed by atoms with E-state index < -0.39 is 17.5 Å². The predicted molar refractivity (Wildman–Crippen MR) is 88.6 cm³/mol. The molecule has 0 aliphatic carbocycles. The van der Waals surface area contributed by atoms with Crippen LogP contribution in [0, 0.1) is 5.82 Å². The highest BCUT2D eigenvalue weighted by Crippen LogP contribution is 2.37. The van der Waals surface area contributed by atoms with Gasteiger partial charge in [0.15, 0.2) is 0 Å². The first-order chi connectivity index (χ1) is 11.6. The number of carbonyl (C=O) groups is 2. The lowest BCUT2D eigenvalue weighted by atomic mass is 10.0. The molecule has 0 atom stereocenters. The first-order valence-electron chi connectivity index (χ1n) is 7.69. The van der Waals surface area contributed by atoms with Crippen molar-refractivity contribution in [3.63, 3.8) is 0 Å². The van der Waals surface area contributed by atoms with Gasteiger partial charge in [0.25, 0.3) is 5.78 Å². The van der Waals surface area contributed by atoms with Gasteiger partial charge >= 0.3 is 5.91 Å². The summed E-state index contributed by atoms with van der Waals surface area (Å²) in [5.41, 5.74) is 2.44. The molecule has 0 saturated carbocycles. The molecule has 0 saturated heterocycles. The lowest BCUT2D eigenvalue weighted by Gasteiger charge is -2.32. The minimum absolute atomic E-state index is 0.00337. The molecule has 2 aromatic rings. The average Bonchev–Trinajstić information content (AvgIpc) is 2.84. The Morgan fingerprint density at radius 3 is 2.62 bits per heavy atom. The normalized spacial score (nSPS) is 17.2. The Labute approximate surface area is 143 Å². The van der Waals surface area contributed by atoms with Crippen LogP contribution in [0.5, 0.6) is 0 Å². The van der Waals surface area contributed by atoms with Crippen molar-refractivity contribution in [3.8, 4) is 0 Å². The fourth-order valence-electron chi connectivity index (χ4n) is 3.36. The number of anilines is 1. The number of hydrogen-bond acceptors (Lipinski definition) is 3. The Morgan fingerprint density at radius 1 is 1.08 bits per heavy atom. The van der Waals surface area contributed by atoms with Gasteiger partial charge in [0.05, 0.1) is 22.9 Å². The van der Waals surface area contributed by atoms with Gasteiger partial charge in [-0.2, -0.15) is 0 Å². The topological polar surface area (TPSA) is 40.6 Å². The second kappa shape index (κ2) is 5.69. The molecule has 2 aliphatic heterocycles. The Bertz CT molecular complexity index is 868. The van der Waals surface area contributed by atoms with Gasteiger partial charge in [-0.1, -0.05) is 35.9 Å². The molecule has 6 heteroatoms. The number of rotatable bonds is 2. The summed E-state index contributed by atoms with van der Waals surface area (Å²) in [5, 5.41) is 0.108. The standard InChI is InChI=1S/C18H14ClFN2O2/c19-13-5-6-14(20)16-15(13)17(23)18(24)22(16)10-21-8-7-11-3-1-2-4-12(11)9-21/h1-6H,7-10H2. The Morgan fingerprint density at radius 2 is 1.83 bits per heavy atom. The van der Waals surface area contributed by atoms with Gasteiger partial charge in [-0.25, -0.2) is 4.39 Å². The monoisotopic (exact) mass is 344 g/mol. The molecule has 0 unspecified atom stereocenters. The molecule has 0 radical (unpaired) electrons. The Balaban J connectivity index is 1.64. The minimum Gasteiger partial charge on any atom is -0.288 e. The molecule has 2 aromatic carbocycles.